The van der Waals surface area contributed by atoms with E-state index in [1.54, 1.807) is 12.1 Å². The summed E-state index contributed by atoms with van der Waals surface area (Å²) in [5.41, 5.74) is 0.117. The summed E-state index contributed by atoms with van der Waals surface area (Å²) in [6, 6.07) is 4.89. The molecule has 0 bridgehead atoms. The molecular weight excluding hydrogens is 312 g/mol. The van der Waals surface area contributed by atoms with E-state index in [0.717, 1.165) is 25.7 Å². The van der Waals surface area contributed by atoms with Gasteiger partial charge < -0.3 is 14.9 Å². The second-order valence-corrected chi connectivity index (χ2v) is 5.72. The maximum atomic E-state index is 11.2. The van der Waals surface area contributed by atoms with Gasteiger partial charge in [0.2, 0.25) is 0 Å². The van der Waals surface area contributed by atoms with Crippen LogP contribution < -0.4 is 4.74 Å². The normalized spacial score (nSPS) is 23.7. The smallest absolute Gasteiger partial charge is 0.339 e. The number of carboxylic acids is 1. The minimum Gasteiger partial charge on any atom is -0.487 e. The molecule has 0 heterocycles. The van der Waals surface area contributed by atoms with Gasteiger partial charge in [-0.15, -0.1) is 0 Å². The number of carbonyl (C=O) groups is 1. The Morgan fingerprint density at radius 3 is 2.74 bits per heavy atom. The van der Waals surface area contributed by atoms with Crippen molar-refractivity contribution in [1.82, 2.24) is 0 Å². The third kappa shape index (κ3) is 3.70. The minimum absolute atomic E-state index is 0.117. The average Bonchev–Trinajstić information content (AvgIpc) is 2.57. The predicted octanol–water partition coefficient (Wildman–Crippen LogP) is 3.22. The molecule has 2 atom stereocenters. The molecule has 2 rings (SSSR count). The fourth-order valence-corrected chi connectivity index (χ4v) is 2.69. The van der Waals surface area contributed by atoms with E-state index in [4.69, 9.17) is 4.74 Å². The highest BCUT2D eigenvalue weighted by Gasteiger charge is 2.25. The quantitative estimate of drug-likeness (QED) is 0.836. The number of aliphatic hydroxyl groups is 1. The van der Waals surface area contributed by atoms with E-state index in [1.165, 1.54) is 6.07 Å². The van der Waals surface area contributed by atoms with Gasteiger partial charge in [0.05, 0.1) is 6.10 Å². The monoisotopic (exact) mass is 328 g/mol. The highest BCUT2D eigenvalue weighted by Crippen LogP contribution is 2.28. The highest BCUT2D eigenvalue weighted by molar-refractivity contribution is 9.10. The van der Waals surface area contributed by atoms with Crippen LogP contribution in [0.15, 0.2) is 22.7 Å². The van der Waals surface area contributed by atoms with E-state index in [1.807, 2.05) is 0 Å². The lowest BCUT2D eigenvalue weighted by atomic mass is 10.1. The fourth-order valence-electron chi connectivity index (χ4n) is 2.33. The van der Waals surface area contributed by atoms with E-state index in [-0.39, 0.29) is 11.7 Å². The van der Waals surface area contributed by atoms with Gasteiger partial charge >= 0.3 is 5.97 Å². The van der Waals surface area contributed by atoms with E-state index >= 15 is 0 Å². The third-order valence-electron chi connectivity index (χ3n) is 3.37. The lowest BCUT2D eigenvalue weighted by Crippen LogP contribution is -2.31. The van der Waals surface area contributed by atoms with Gasteiger partial charge in [-0.1, -0.05) is 28.8 Å². The Morgan fingerprint density at radius 1 is 1.26 bits per heavy atom. The van der Waals surface area contributed by atoms with Crippen molar-refractivity contribution in [1.29, 1.82) is 0 Å². The summed E-state index contributed by atoms with van der Waals surface area (Å²) in [6.45, 7) is 0. The van der Waals surface area contributed by atoms with Crippen molar-refractivity contribution in [3.05, 3.63) is 28.2 Å². The van der Waals surface area contributed by atoms with Crippen molar-refractivity contribution in [2.75, 3.05) is 0 Å². The summed E-state index contributed by atoms with van der Waals surface area (Å²) < 4.78 is 6.44. The fraction of sp³-hybridized carbons (Fsp3) is 0.500. The van der Waals surface area contributed by atoms with Gasteiger partial charge in [-0.05, 0) is 37.5 Å². The van der Waals surface area contributed by atoms with Crippen molar-refractivity contribution in [3.8, 4) is 5.75 Å². The summed E-state index contributed by atoms with van der Waals surface area (Å²) in [7, 11) is 0. The maximum absolute atomic E-state index is 11.2. The topological polar surface area (TPSA) is 66.8 Å². The van der Waals surface area contributed by atoms with Crippen LogP contribution in [-0.2, 0) is 0 Å². The number of rotatable bonds is 3. The van der Waals surface area contributed by atoms with E-state index in [9.17, 15) is 15.0 Å². The standard InChI is InChI=1S/C14H17BrO4/c15-9-6-7-12(10(8-9)14(17)18)19-13-5-3-1-2-4-11(13)16/h6-8,11,13,16H,1-5H2,(H,17,18). The molecular formula is C14H17BrO4. The zero-order valence-corrected chi connectivity index (χ0v) is 12.1. The number of halogens is 1. The van der Waals surface area contributed by atoms with Crippen molar-refractivity contribution >= 4 is 21.9 Å². The largest absolute Gasteiger partial charge is 0.487 e. The van der Waals surface area contributed by atoms with Gasteiger partial charge in [0.1, 0.15) is 17.4 Å². The molecule has 1 aromatic carbocycles. The number of hydrogen-bond acceptors (Lipinski definition) is 3. The first-order valence-electron chi connectivity index (χ1n) is 6.45. The van der Waals surface area contributed by atoms with Gasteiger partial charge in [0.25, 0.3) is 0 Å². The summed E-state index contributed by atoms with van der Waals surface area (Å²) in [6.07, 6.45) is 3.71. The van der Waals surface area contributed by atoms with Crippen LogP contribution in [-0.4, -0.2) is 28.4 Å². The predicted molar refractivity (Wildman–Crippen MR) is 74.6 cm³/mol. The second kappa shape index (κ2) is 6.39. The number of carboxylic acid groups (broad SMARTS) is 1. The summed E-state index contributed by atoms with van der Waals surface area (Å²) in [5.74, 6) is -0.707. The van der Waals surface area contributed by atoms with Gasteiger partial charge in [0.15, 0.2) is 0 Å². The lowest BCUT2D eigenvalue weighted by Gasteiger charge is -2.23. The lowest BCUT2D eigenvalue weighted by molar-refractivity contribution is 0.0305. The number of benzene rings is 1. The van der Waals surface area contributed by atoms with Crippen molar-refractivity contribution in [2.24, 2.45) is 0 Å². The Morgan fingerprint density at radius 2 is 2.00 bits per heavy atom. The zero-order chi connectivity index (χ0) is 13.8. The van der Waals surface area contributed by atoms with Crippen molar-refractivity contribution < 1.29 is 19.7 Å². The van der Waals surface area contributed by atoms with Crippen molar-refractivity contribution in [2.45, 2.75) is 44.3 Å². The van der Waals surface area contributed by atoms with Crippen LogP contribution in [0.2, 0.25) is 0 Å². The Hall–Kier alpha value is -1.07. The van der Waals surface area contributed by atoms with E-state index in [2.05, 4.69) is 15.9 Å². The molecule has 2 unspecified atom stereocenters. The molecule has 19 heavy (non-hydrogen) atoms. The number of ether oxygens (including phenoxy) is 1. The molecule has 2 N–H and O–H groups in total. The van der Waals surface area contributed by atoms with Crippen LogP contribution >= 0.6 is 15.9 Å². The molecule has 5 heteroatoms. The van der Waals surface area contributed by atoms with Crippen LogP contribution in [0.25, 0.3) is 0 Å². The first-order valence-corrected chi connectivity index (χ1v) is 7.25. The molecule has 4 nitrogen and oxygen atoms in total. The molecule has 1 aromatic rings. The molecule has 1 aliphatic rings. The Kier molecular flexibility index (Phi) is 4.82. The second-order valence-electron chi connectivity index (χ2n) is 4.81. The first-order chi connectivity index (χ1) is 9.08. The maximum Gasteiger partial charge on any atom is 0.339 e. The molecule has 104 valence electrons. The molecule has 0 spiro atoms. The van der Waals surface area contributed by atoms with E-state index in [0.29, 0.717) is 16.6 Å². The number of hydrogen-bond donors (Lipinski definition) is 2. The molecule has 0 radical (unpaired) electrons. The van der Waals surface area contributed by atoms with Crippen LogP contribution in [0.1, 0.15) is 42.5 Å². The Bertz CT molecular complexity index is 461. The highest BCUT2D eigenvalue weighted by atomic mass is 79.9. The van der Waals surface area contributed by atoms with Crippen LogP contribution in [0.4, 0.5) is 0 Å². The van der Waals surface area contributed by atoms with Crippen molar-refractivity contribution in [3.63, 3.8) is 0 Å². The van der Waals surface area contributed by atoms with Gasteiger partial charge in [0, 0.05) is 4.47 Å². The van der Waals surface area contributed by atoms with Crippen LogP contribution in [0.3, 0.4) is 0 Å². The molecule has 1 saturated carbocycles. The van der Waals surface area contributed by atoms with Crippen LogP contribution in [0, 0.1) is 0 Å². The van der Waals surface area contributed by atoms with Gasteiger partial charge in [-0.3, -0.25) is 0 Å². The minimum atomic E-state index is -1.03. The third-order valence-corrected chi connectivity index (χ3v) is 3.86. The van der Waals surface area contributed by atoms with Gasteiger partial charge in [-0.25, -0.2) is 4.79 Å². The number of aliphatic hydroxyl groups excluding tert-OH is 1. The summed E-state index contributed by atoms with van der Waals surface area (Å²) in [5, 5.41) is 19.2. The first kappa shape index (κ1) is 14.3. The van der Waals surface area contributed by atoms with Gasteiger partial charge in [-0.2, -0.15) is 0 Å². The SMILES string of the molecule is O=C(O)c1cc(Br)ccc1OC1CCCCCC1O. The number of aromatic carboxylic acids is 1. The summed E-state index contributed by atoms with van der Waals surface area (Å²) in [4.78, 5) is 11.2. The molecule has 0 aromatic heterocycles. The molecule has 1 aliphatic carbocycles. The molecule has 0 aliphatic heterocycles. The zero-order valence-electron chi connectivity index (χ0n) is 10.5. The average molecular weight is 329 g/mol. The van der Waals surface area contributed by atoms with Crippen LogP contribution in [0.5, 0.6) is 5.75 Å². The molecule has 1 fully saturated rings. The van der Waals surface area contributed by atoms with E-state index < -0.39 is 12.1 Å². The Labute approximate surface area is 120 Å². The molecule has 0 amide bonds. The Balaban J connectivity index is 2.19. The molecule has 0 saturated heterocycles. The summed E-state index contributed by atoms with van der Waals surface area (Å²) >= 11 is 3.25.